The third kappa shape index (κ3) is 5.52. The zero-order valence-electron chi connectivity index (χ0n) is 18.9. The molecule has 0 spiro atoms. The van der Waals surface area contributed by atoms with Gasteiger partial charge in [-0.2, -0.15) is 0 Å². The lowest BCUT2D eigenvalue weighted by molar-refractivity contribution is -0.150. The fourth-order valence-electron chi connectivity index (χ4n) is 3.41. The van der Waals surface area contributed by atoms with Crippen LogP contribution in [-0.4, -0.2) is 99.3 Å². The second-order valence-electron chi connectivity index (χ2n) is 7.35. The predicted molar refractivity (Wildman–Crippen MR) is 131 cm³/mol. The maximum Gasteiger partial charge on any atom is 0.352 e. The van der Waals surface area contributed by atoms with Crippen molar-refractivity contribution in [3.8, 4) is 0 Å². The molecular weight excluding hydrogens is 550 g/mol. The van der Waals surface area contributed by atoms with E-state index in [2.05, 4.69) is 31.0 Å². The van der Waals surface area contributed by atoms with Crippen molar-refractivity contribution in [3.05, 3.63) is 22.3 Å². The van der Waals surface area contributed by atoms with Gasteiger partial charge in [0.2, 0.25) is 5.16 Å². The van der Waals surface area contributed by atoms with Gasteiger partial charge in [-0.15, -0.1) is 28.2 Å². The van der Waals surface area contributed by atoms with Crippen LogP contribution >= 0.6 is 34.9 Å². The smallest absolute Gasteiger partial charge is 0.352 e. The van der Waals surface area contributed by atoms with E-state index >= 15 is 0 Å². The number of carboxylic acids is 2. The van der Waals surface area contributed by atoms with E-state index in [1.54, 1.807) is 6.92 Å². The number of thiazole rings is 1. The Balaban J connectivity index is 1.48. The van der Waals surface area contributed by atoms with E-state index in [-0.39, 0.29) is 45.5 Å². The number of fused-ring (bicyclic) bond motifs is 1. The average molecular weight is 570 g/mol. The van der Waals surface area contributed by atoms with Gasteiger partial charge >= 0.3 is 11.9 Å². The molecule has 2 aromatic heterocycles. The molecule has 1 saturated heterocycles. The highest BCUT2D eigenvalue weighted by Gasteiger charge is 2.54. The number of β-lactam (4-membered cyclic amide) rings is 1. The Kier molecular flexibility index (Phi) is 7.93. The number of nitrogens with zero attached hydrogens (tertiary/aromatic N) is 7. The maximum atomic E-state index is 13.0. The molecule has 1 unspecified atom stereocenters. The van der Waals surface area contributed by atoms with Gasteiger partial charge in [-0.1, -0.05) is 16.9 Å². The highest BCUT2D eigenvalue weighted by Crippen LogP contribution is 2.41. The molecule has 2 amide bonds. The van der Waals surface area contributed by atoms with Gasteiger partial charge in [-0.25, -0.2) is 14.5 Å². The summed E-state index contributed by atoms with van der Waals surface area (Å²) in [5.74, 6) is -3.40. The molecule has 1 fully saturated rings. The Morgan fingerprint density at radius 1 is 1.38 bits per heavy atom. The standard InChI is InChI=1S/C18H19N9O7S3/c1-2-34-23-10(8-6-36-17(19)20-8)13(30)21-11-14(31)27-12(16(32)33)7(4-35-15(11)27)5-37-18-22-24-25-26(18)3-9(28)29/h6,11,15H,2-5H2,1H3,(H2,19,20)(H,21,30)(H,28,29)(H,32,33)/t11?,15-/m0/s1. The molecule has 4 rings (SSSR count). The Hall–Kier alpha value is -3.71. The number of hydrogen-bond donors (Lipinski definition) is 4. The first-order valence-corrected chi connectivity index (χ1v) is 13.4. The molecule has 0 saturated carbocycles. The first-order valence-electron chi connectivity index (χ1n) is 10.4. The van der Waals surface area contributed by atoms with E-state index < -0.39 is 41.7 Å². The van der Waals surface area contributed by atoms with Crippen LogP contribution in [0.15, 0.2) is 27.0 Å². The number of amides is 2. The summed E-state index contributed by atoms with van der Waals surface area (Å²) in [6.45, 7) is 1.43. The number of nitrogen functional groups attached to an aromatic ring is 1. The summed E-state index contributed by atoms with van der Waals surface area (Å²) in [6.07, 6.45) is 0. The minimum absolute atomic E-state index is 0.110. The molecule has 0 aliphatic carbocycles. The highest BCUT2D eigenvalue weighted by atomic mass is 32.2. The van der Waals surface area contributed by atoms with Gasteiger partial charge in [0.25, 0.3) is 11.8 Å². The quantitative estimate of drug-likeness (QED) is 0.111. The monoisotopic (exact) mass is 569 g/mol. The summed E-state index contributed by atoms with van der Waals surface area (Å²) in [7, 11) is 0. The molecule has 196 valence electrons. The molecule has 37 heavy (non-hydrogen) atoms. The van der Waals surface area contributed by atoms with E-state index in [0.717, 1.165) is 32.7 Å². The fraction of sp³-hybridized carbons (Fsp3) is 0.389. The second kappa shape index (κ2) is 11.1. The molecule has 4 heterocycles. The van der Waals surface area contributed by atoms with Crippen molar-refractivity contribution in [2.45, 2.75) is 30.0 Å². The zero-order chi connectivity index (χ0) is 26.7. The van der Waals surface area contributed by atoms with Crippen LogP contribution in [0.25, 0.3) is 0 Å². The molecule has 19 heteroatoms. The number of aliphatic carboxylic acids is 2. The summed E-state index contributed by atoms with van der Waals surface area (Å²) >= 11 is 3.43. The third-order valence-electron chi connectivity index (χ3n) is 4.96. The average Bonchev–Trinajstić information content (AvgIpc) is 3.48. The SMILES string of the molecule is CCON=C(C(=O)NC1C(=O)N2C(C(=O)O)=C(CSc3nnnn3CC(=O)O)CS[C@@H]12)c1csc(N)n1. The number of aromatic nitrogens is 5. The molecule has 2 atom stereocenters. The van der Waals surface area contributed by atoms with Crippen molar-refractivity contribution < 1.29 is 34.2 Å². The molecule has 0 radical (unpaired) electrons. The van der Waals surface area contributed by atoms with E-state index in [4.69, 9.17) is 15.7 Å². The number of carbonyl (C=O) groups excluding carboxylic acids is 2. The number of anilines is 1. The first-order chi connectivity index (χ1) is 17.7. The number of thioether (sulfide) groups is 2. The fourth-order valence-corrected chi connectivity index (χ4v) is 6.32. The molecule has 2 aliphatic heterocycles. The number of hydrogen-bond acceptors (Lipinski definition) is 14. The Morgan fingerprint density at radius 3 is 2.81 bits per heavy atom. The molecule has 0 bridgehead atoms. The zero-order valence-corrected chi connectivity index (χ0v) is 21.4. The topological polar surface area (TPSA) is 228 Å². The van der Waals surface area contributed by atoms with Crippen LogP contribution in [0, 0.1) is 0 Å². The first kappa shape index (κ1) is 26.4. The number of rotatable bonds is 11. The van der Waals surface area contributed by atoms with Crippen LogP contribution in [0.1, 0.15) is 12.6 Å². The van der Waals surface area contributed by atoms with E-state index in [9.17, 15) is 24.3 Å². The number of oxime groups is 1. The number of carbonyl (C=O) groups is 4. The summed E-state index contributed by atoms with van der Waals surface area (Å²) < 4.78 is 1.07. The molecule has 2 aliphatic rings. The van der Waals surface area contributed by atoms with Crippen molar-refractivity contribution >= 4 is 69.5 Å². The molecule has 16 nitrogen and oxygen atoms in total. The lowest BCUT2D eigenvalue weighted by Crippen LogP contribution is -2.71. The van der Waals surface area contributed by atoms with Gasteiger partial charge in [-0.3, -0.25) is 19.3 Å². The maximum absolute atomic E-state index is 13.0. The van der Waals surface area contributed by atoms with Crippen molar-refractivity contribution in [1.29, 1.82) is 0 Å². The van der Waals surface area contributed by atoms with Crippen molar-refractivity contribution in [3.63, 3.8) is 0 Å². The van der Waals surface area contributed by atoms with Gasteiger partial charge < -0.3 is 26.1 Å². The third-order valence-corrected chi connectivity index (χ3v) is 8.02. The molecule has 5 N–H and O–H groups in total. The summed E-state index contributed by atoms with van der Waals surface area (Å²) in [5.41, 5.74) is 5.91. The van der Waals surface area contributed by atoms with Crippen LogP contribution in [0.2, 0.25) is 0 Å². The molecule has 0 aromatic carbocycles. The number of nitrogens with one attached hydrogen (secondary N) is 1. The Labute approximate surface area is 220 Å². The minimum Gasteiger partial charge on any atom is -0.480 e. The van der Waals surface area contributed by atoms with E-state index in [0.29, 0.717) is 5.57 Å². The van der Waals surface area contributed by atoms with Crippen LogP contribution in [-0.2, 0) is 30.6 Å². The normalized spacial score (nSPS) is 19.3. The van der Waals surface area contributed by atoms with Gasteiger partial charge in [0.05, 0.1) is 0 Å². The summed E-state index contributed by atoms with van der Waals surface area (Å²) in [5, 5.41) is 37.3. The van der Waals surface area contributed by atoms with E-state index in [1.165, 1.54) is 17.1 Å². The summed E-state index contributed by atoms with van der Waals surface area (Å²) in [4.78, 5) is 59.1. The van der Waals surface area contributed by atoms with Gasteiger partial charge in [0, 0.05) is 16.9 Å². The molecular formula is C18H19N9O7S3. The number of carboxylic acid groups (broad SMARTS) is 2. The van der Waals surface area contributed by atoms with Crippen molar-refractivity contribution in [1.82, 2.24) is 35.4 Å². The van der Waals surface area contributed by atoms with Crippen molar-refractivity contribution in [2.24, 2.45) is 5.16 Å². The van der Waals surface area contributed by atoms with Crippen LogP contribution < -0.4 is 11.1 Å². The van der Waals surface area contributed by atoms with Crippen molar-refractivity contribution in [2.75, 3.05) is 23.8 Å². The lowest BCUT2D eigenvalue weighted by Gasteiger charge is -2.49. The van der Waals surface area contributed by atoms with Crippen LogP contribution in [0.4, 0.5) is 5.13 Å². The lowest BCUT2D eigenvalue weighted by atomic mass is 10.0. The van der Waals surface area contributed by atoms with Crippen LogP contribution in [0.3, 0.4) is 0 Å². The van der Waals surface area contributed by atoms with E-state index in [1.807, 2.05) is 0 Å². The largest absolute Gasteiger partial charge is 0.480 e. The summed E-state index contributed by atoms with van der Waals surface area (Å²) in [6, 6.07) is -0.994. The van der Waals surface area contributed by atoms with Gasteiger partial charge in [-0.05, 0) is 22.9 Å². The number of nitrogens with two attached hydrogens (primary N) is 1. The van der Waals surface area contributed by atoms with Gasteiger partial charge in [0.1, 0.15) is 36.0 Å². The number of tetrazole rings is 1. The predicted octanol–water partition coefficient (Wildman–Crippen LogP) is -0.932. The second-order valence-corrected chi connectivity index (χ2v) is 10.3. The van der Waals surface area contributed by atoms with Gasteiger partial charge in [0.15, 0.2) is 10.8 Å². The van der Waals surface area contributed by atoms with Crippen LogP contribution in [0.5, 0.6) is 0 Å². The minimum atomic E-state index is -1.30. The molecule has 2 aromatic rings. The highest BCUT2D eigenvalue weighted by molar-refractivity contribution is 8.01. The Bertz CT molecular complexity index is 1310. The Morgan fingerprint density at radius 2 is 2.16 bits per heavy atom.